The molecule has 1 amide bonds. The first-order valence-electron chi connectivity index (χ1n) is 12.7. The number of methoxy groups -OCH3 is 1. The number of halogens is 2. The van der Waals surface area contributed by atoms with E-state index in [4.69, 9.17) is 15.2 Å². The van der Waals surface area contributed by atoms with Crippen molar-refractivity contribution < 1.29 is 31.5 Å². The summed E-state index contributed by atoms with van der Waals surface area (Å²) in [6.45, 7) is 5.75. The number of anilines is 2. The number of hydrogen-bond donors (Lipinski definition) is 3. The average Bonchev–Trinajstić information content (AvgIpc) is 3.58. The molecule has 1 aromatic carbocycles. The third kappa shape index (κ3) is 8.23. The second-order valence-corrected chi connectivity index (χ2v) is 12.7. The minimum absolute atomic E-state index is 0.0646. The van der Waals surface area contributed by atoms with Crippen LogP contribution in [0.5, 0.6) is 5.75 Å². The predicted molar refractivity (Wildman–Crippen MR) is 145 cm³/mol. The molecule has 4 N–H and O–H groups in total. The van der Waals surface area contributed by atoms with E-state index in [1.807, 2.05) is 0 Å². The fraction of sp³-hybridized carbons (Fsp3) is 0.538. The van der Waals surface area contributed by atoms with Crippen molar-refractivity contribution in [3.63, 3.8) is 0 Å². The molecule has 39 heavy (non-hydrogen) atoms. The standard InChI is InChI=1S/C26H37F2N5O5S/c1-15(2)39(35,36)33(4)25-8-17(7-24(32-25)30-12-18-6-16(18)3)26(34)31-23(22(29)13-37-5)14-38-21-10-19(27)9-20(28)11-21/h7-11,15-16,18,22-23H,6,12-14,29H2,1-5H3,(H,30,32)(H,31,34)/t16-,18+,22+,23-/m0/s1. The van der Waals surface area contributed by atoms with E-state index in [0.29, 0.717) is 24.2 Å². The number of amides is 1. The van der Waals surface area contributed by atoms with Gasteiger partial charge in [-0.25, -0.2) is 22.2 Å². The summed E-state index contributed by atoms with van der Waals surface area (Å²) in [5, 5.41) is 5.28. The van der Waals surface area contributed by atoms with Crippen molar-refractivity contribution >= 4 is 27.6 Å². The summed E-state index contributed by atoms with van der Waals surface area (Å²) < 4.78 is 64.5. The molecule has 1 heterocycles. The number of nitrogens with zero attached hydrogens (tertiary/aromatic N) is 2. The molecule has 0 aliphatic heterocycles. The van der Waals surface area contributed by atoms with Crippen LogP contribution >= 0.6 is 0 Å². The van der Waals surface area contributed by atoms with Crippen LogP contribution in [0, 0.1) is 23.5 Å². The summed E-state index contributed by atoms with van der Waals surface area (Å²) in [4.78, 5) is 17.8. The molecule has 1 saturated carbocycles. The summed E-state index contributed by atoms with van der Waals surface area (Å²) in [5.41, 5.74) is 6.34. The smallest absolute Gasteiger partial charge is 0.251 e. The number of nitrogens with one attached hydrogen (secondary N) is 2. The highest BCUT2D eigenvalue weighted by Gasteiger charge is 2.32. The Morgan fingerprint density at radius 2 is 1.82 bits per heavy atom. The molecule has 1 aromatic heterocycles. The lowest BCUT2D eigenvalue weighted by Gasteiger charge is -2.26. The van der Waals surface area contributed by atoms with E-state index in [9.17, 15) is 22.0 Å². The molecule has 0 unspecified atom stereocenters. The number of carbonyl (C=O) groups excluding carboxylic acids is 1. The quantitative estimate of drug-likeness (QED) is 0.316. The maximum atomic E-state index is 13.6. The lowest BCUT2D eigenvalue weighted by Crippen LogP contribution is -2.53. The van der Waals surface area contributed by atoms with Crippen molar-refractivity contribution in [2.24, 2.45) is 17.6 Å². The number of ether oxygens (including phenoxy) is 2. The Labute approximate surface area is 228 Å². The van der Waals surface area contributed by atoms with Gasteiger partial charge in [-0.05, 0) is 44.2 Å². The van der Waals surface area contributed by atoms with E-state index in [1.165, 1.54) is 26.3 Å². The Morgan fingerprint density at radius 1 is 1.18 bits per heavy atom. The minimum Gasteiger partial charge on any atom is -0.491 e. The van der Waals surface area contributed by atoms with Crippen molar-refractivity contribution in [3.8, 4) is 5.75 Å². The minimum atomic E-state index is -3.71. The zero-order valence-corrected chi connectivity index (χ0v) is 23.6. The van der Waals surface area contributed by atoms with Crippen LogP contribution in [0.15, 0.2) is 30.3 Å². The van der Waals surface area contributed by atoms with Gasteiger partial charge < -0.3 is 25.8 Å². The summed E-state index contributed by atoms with van der Waals surface area (Å²) in [6, 6.07) is 4.12. The first kappa shape index (κ1) is 30.5. The molecule has 1 aliphatic rings. The molecule has 0 spiro atoms. The highest BCUT2D eigenvalue weighted by molar-refractivity contribution is 7.93. The van der Waals surface area contributed by atoms with E-state index >= 15 is 0 Å². The molecule has 1 fully saturated rings. The molecule has 10 nitrogen and oxygen atoms in total. The molecule has 2 aromatic rings. The van der Waals surface area contributed by atoms with E-state index in [0.717, 1.165) is 28.9 Å². The van der Waals surface area contributed by atoms with Gasteiger partial charge in [-0.3, -0.25) is 9.10 Å². The molecule has 0 saturated heterocycles. The maximum Gasteiger partial charge on any atom is 0.251 e. The number of pyridine rings is 1. The van der Waals surface area contributed by atoms with Crippen molar-refractivity contribution in [2.45, 2.75) is 44.5 Å². The first-order chi connectivity index (χ1) is 18.3. The highest BCUT2D eigenvalue weighted by Crippen LogP contribution is 2.37. The molecule has 4 atom stereocenters. The Balaban J connectivity index is 1.86. The Bertz CT molecular complexity index is 1240. The third-order valence-electron chi connectivity index (χ3n) is 6.65. The SMILES string of the molecule is COC[C@@H](N)[C@H](COc1cc(F)cc(F)c1)NC(=O)c1cc(NC[C@H]2C[C@@H]2C)nc(N(C)S(=O)(=O)C(C)C)c1. The number of carbonyl (C=O) groups is 1. The van der Waals surface area contributed by atoms with Gasteiger partial charge in [0.15, 0.2) is 0 Å². The third-order valence-corrected chi connectivity index (χ3v) is 8.80. The summed E-state index contributed by atoms with van der Waals surface area (Å²) in [7, 11) is -0.884. The van der Waals surface area contributed by atoms with E-state index in [-0.39, 0.29) is 30.3 Å². The number of hydrogen-bond acceptors (Lipinski definition) is 8. The maximum absolute atomic E-state index is 13.6. The molecule has 216 valence electrons. The van der Waals surface area contributed by atoms with Crippen LogP contribution in [0.4, 0.5) is 20.4 Å². The molecule has 13 heteroatoms. The normalized spacial score (nSPS) is 18.4. The van der Waals surface area contributed by atoms with Crippen LogP contribution in [-0.4, -0.2) is 70.6 Å². The lowest BCUT2D eigenvalue weighted by atomic mass is 10.1. The van der Waals surface area contributed by atoms with Crippen LogP contribution in [-0.2, 0) is 14.8 Å². The topological polar surface area (TPSA) is 136 Å². The number of rotatable bonds is 14. The van der Waals surface area contributed by atoms with Gasteiger partial charge in [-0.1, -0.05) is 6.92 Å². The van der Waals surface area contributed by atoms with Gasteiger partial charge in [0.05, 0.1) is 23.9 Å². The fourth-order valence-electron chi connectivity index (χ4n) is 3.90. The monoisotopic (exact) mass is 569 g/mol. The number of benzene rings is 1. The molecule has 1 aliphatic carbocycles. The first-order valence-corrected chi connectivity index (χ1v) is 14.2. The molecule has 0 radical (unpaired) electrons. The zero-order chi connectivity index (χ0) is 28.9. The van der Waals surface area contributed by atoms with Crippen LogP contribution in [0.2, 0.25) is 0 Å². The molecule has 0 bridgehead atoms. The van der Waals surface area contributed by atoms with E-state index in [1.54, 1.807) is 13.8 Å². The summed E-state index contributed by atoms with van der Waals surface area (Å²) in [6.07, 6.45) is 1.08. The number of nitrogens with two attached hydrogens (primary N) is 1. The van der Waals surface area contributed by atoms with Crippen LogP contribution in [0.25, 0.3) is 0 Å². The van der Waals surface area contributed by atoms with E-state index in [2.05, 4.69) is 22.5 Å². The van der Waals surface area contributed by atoms with Crippen molar-refractivity contribution in [2.75, 3.05) is 43.5 Å². The lowest BCUT2D eigenvalue weighted by molar-refractivity contribution is 0.0883. The Morgan fingerprint density at radius 3 is 2.38 bits per heavy atom. The highest BCUT2D eigenvalue weighted by atomic mass is 32.2. The predicted octanol–water partition coefficient (Wildman–Crippen LogP) is 2.75. The van der Waals surface area contributed by atoms with Gasteiger partial charge in [-0.15, -0.1) is 0 Å². The van der Waals surface area contributed by atoms with E-state index < -0.39 is 44.9 Å². The van der Waals surface area contributed by atoms with Gasteiger partial charge in [0.2, 0.25) is 10.0 Å². The Hall–Kier alpha value is -3.03. The van der Waals surface area contributed by atoms with Crippen molar-refractivity contribution in [1.29, 1.82) is 0 Å². The molecular formula is C26H37F2N5O5S. The van der Waals surface area contributed by atoms with Gasteiger partial charge >= 0.3 is 0 Å². The van der Waals surface area contributed by atoms with Crippen LogP contribution in [0.3, 0.4) is 0 Å². The number of aromatic nitrogens is 1. The van der Waals surface area contributed by atoms with Crippen molar-refractivity contribution in [1.82, 2.24) is 10.3 Å². The van der Waals surface area contributed by atoms with Crippen molar-refractivity contribution in [3.05, 3.63) is 47.5 Å². The molecular weight excluding hydrogens is 532 g/mol. The van der Waals surface area contributed by atoms with Gasteiger partial charge in [-0.2, -0.15) is 0 Å². The fourth-order valence-corrected chi connectivity index (χ4v) is 4.88. The second-order valence-electron chi connectivity index (χ2n) is 10.1. The van der Waals surface area contributed by atoms with Crippen LogP contribution < -0.4 is 25.4 Å². The molecule has 3 rings (SSSR count). The number of sulfonamides is 1. The zero-order valence-electron chi connectivity index (χ0n) is 22.8. The Kier molecular flexibility index (Phi) is 10.1. The summed E-state index contributed by atoms with van der Waals surface area (Å²) >= 11 is 0. The van der Waals surface area contributed by atoms with Gasteiger partial charge in [0.25, 0.3) is 5.91 Å². The van der Waals surface area contributed by atoms with Crippen LogP contribution in [0.1, 0.15) is 37.6 Å². The summed E-state index contributed by atoms with van der Waals surface area (Å²) in [5.74, 6) is -0.757. The van der Waals surface area contributed by atoms with Gasteiger partial charge in [0.1, 0.15) is 35.6 Å². The largest absolute Gasteiger partial charge is 0.491 e. The average molecular weight is 570 g/mol. The van der Waals surface area contributed by atoms with Gasteiger partial charge in [0, 0.05) is 44.5 Å². The second kappa shape index (κ2) is 12.9.